The molecule has 4 heteroatoms. The highest BCUT2D eigenvalue weighted by atomic mass is 19.1. The molecule has 0 amide bonds. The fourth-order valence-electron chi connectivity index (χ4n) is 2.32. The Morgan fingerprint density at radius 1 is 0.800 bits per heavy atom. The minimum absolute atomic E-state index is 0.0144. The van der Waals surface area contributed by atoms with Gasteiger partial charge in [0.05, 0.1) is 0 Å². The third-order valence-electron chi connectivity index (χ3n) is 3.33. The summed E-state index contributed by atoms with van der Waals surface area (Å²) in [7, 11) is 0. The number of benzene rings is 2. The van der Waals surface area contributed by atoms with Crippen LogP contribution in [0.1, 0.15) is 33.9 Å². The molecule has 0 aliphatic carbocycles. The number of aliphatic hydroxyl groups excluding tert-OH is 1. The van der Waals surface area contributed by atoms with E-state index >= 15 is 0 Å². The van der Waals surface area contributed by atoms with Crippen molar-refractivity contribution in [1.29, 1.82) is 0 Å². The van der Waals surface area contributed by atoms with Crippen LogP contribution in [0.25, 0.3) is 0 Å². The molecule has 1 nitrogen and oxygen atoms in total. The van der Waals surface area contributed by atoms with E-state index in [4.69, 9.17) is 0 Å². The summed E-state index contributed by atoms with van der Waals surface area (Å²) in [4.78, 5) is 0. The molecule has 1 unspecified atom stereocenters. The number of hydrogen-bond acceptors (Lipinski definition) is 1. The number of hydrogen-bond donors (Lipinski definition) is 1. The first kappa shape index (κ1) is 14.6. The van der Waals surface area contributed by atoms with Gasteiger partial charge in [-0.15, -0.1) is 0 Å². The summed E-state index contributed by atoms with van der Waals surface area (Å²) in [6, 6.07) is 4.89. The maximum atomic E-state index is 14.0. The number of rotatable bonds is 2. The number of aliphatic hydroxyl groups is 1. The van der Waals surface area contributed by atoms with Crippen LogP contribution in [0.15, 0.2) is 24.3 Å². The summed E-state index contributed by atoms with van der Waals surface area (Å²) in [5, 5.41) is 10.2. The number of aryl methyl sites for hydroxylation is 3. The largest absolute Gasteiger partial charge is 0.383 e. The topological polar surface area (TPSA) is 20.2 Å². The highest BCUT2D eigenvalue weighted by molar-refractivity contribution is 5.40. The lowest BCUT2D eigenvalue weighted by molar-refractivity contribution is 0.208. The summed E-state index contributed by atoms with van der Waals surface area (Å²) in [6.07, 6.45) is -1.46. The first-order valence-electron chi connectivity index (χ1n) is 6.21. The molecule has 0 aromatic heterocycles. The Balaban J connectivity index is 2.57. The lowest BCUT2D eigenvalue weighted by Gasteiger charge is -2.17. The van der Waals surface area contributed by atoms with E-state index in [2.05, 4.69) is 0 Å². The van der Waals surface area contributed by atoms with Crippen LogP contribution in [-0.4, -0.2) is 5.11 Å². The average molecular weight is 280 g/mol. The molecule has 2 aromatic rings. The fourth-order valence-corrected chi connectivity index (χ4v) is 2.32. The Morgan fingerprint density at radius 2 is 1.45 bits per heavy atom. The minimum Gasteiger partial charge on any atom is -0.383 e. The van der Waals surface area contributed by atoms with Crippen molar-refractivity contribution in [3.05, 3.63) is 69.5 Å². The molecule has 2 aromatic carbocycles. The van der Waals surface area contributed by atoms with E-state index in [1.54, 1.807) is 19.9 Å². The zero-order chi connectivity index (χ0) is 15.0. The molecule has 0 radical (unpaired) electrons. The lowest BCUT2D eigenvalue weighted by atomic mass is 9.94. The van der Waals surface area contributed by atoms with Gasteiger partial charge in [-0.05, 0) is 49.6 Å². The molecule has 0 saturated carbocycles. The van der Waals surface area contributed by atoms with Crippen molar-refractivity contribution in [2.24, 2.45) is 0 Å². The Kier molecular flexibility index (Phi) is 3.86. The van der Waals surface area contributed by atoms with Crippen LogP contribution in [0.5, 0.6) is 0 Å². The van der Waals surface area contributed by atoms with Crippen molar-refractivity contribution in [1.82, 2.24) is 0 Å². The van der Waals surface area contributed by atoms with Crippen molar-refractivity contribution in [3.63, 3.8) is 0 Å². The van der Waals surface area contributed by atoms with Crippen LogP contribution < -0.4 is 0 Å². The maximum Gasteiger partial charge on any atom is 0.132 e. The maximum absolute atomic E-state index is 14.0. The van der Waals surface area contributed by atoms with Crippen LogP contribution >= 0.6 is 0 Å². The van der Waals surface area contributed by atoms with Gasteiger partial charge in [0.15, 0.2) is 0 Å². The van der Waals surface area contributed by atoms with Crippen molar-refractivity contribution >= 4 is 0 Å². The Hall–Kier alpha value is -1.81. The van der Waals surface area contributed by atoms with Gasteiger partial charge in [0.1, 0.15) is 23.6 Å². The van der Waals surface area contributed by atoms with Gasteiger partial charge in [0.25, 0.3) is 0 Å². The van der Waals surface area contributed by atoms with Gasteiger partial charge in [0.2, 0.25) is 0 Å². The molecular formula is C16H15F3O. The molecule has 0 aliphatic rings. The van der Waals surface area contributed by atoms with Crippen LogP contribution in [0, 0.1) is 38.2 Å². The van der Waals surface area contributed by atoms with E-state index in [0.717, 1.165) is 0 Å². The second-order valence-corrected chi connectivity index (χ2v) is 5.00. The van der Waals surface area contributed by atoms with Gasteiger partial charge < -0.3 is 5.11 Å². The molecule has 0 heterocycles. The molecule has 1 atom stereocenters. The van der Waals surface area contributed by atoms with Gasteiger partial charge in [0, 0.05) is 17.2 Å². The third-order valence-corrected chi connectivity index (χ3v) is 3.33. The Morgan fingerprint density at radius 3 is 2.05 bits per heavy atom. The molecule has 0 bridgehead atoms. The third kappa shape index (κ3) is 2.56. The molecule has 20 heavy (non-hydrogen) atoms. The van der Waals surface area contributed by atoms with Crippen LogP contribution in [0.3, 0.4) is 0 Å². The normalized spacial score (nSPS) is 12.6. The highest BCUT2D eigenvalue weighted by Crippen LogP contribution is 2.30. The summed E-state index contributed by atoms with van der Waals surface area (Å²) in [5.74, 6) is -2.18. The Bertz CT molecular complexity index is 642. The summed E-state index contributed by atoms with van der Waals surface area (Å²) < 4.78 is 41.0. The molecule has 1 N–H and O–H groups in total. The van der Waals surface area contributed by atoms with E-state index in [1.807, 2.05) is 0 Å². The van der Waals surface area contributed by atoms with Crippen molar-refractivity contribution < 1.29 is 18.3 Å². The van der Waals surface area contributed by atoms with Crippen molar-refractivity contribution in [3.8, 4) is 0 Å². The van der Waals surface area contributed by atoms with Crippen molar-refractivity contribution in [2.45, 2.75) is 26.9 Å². The zero-order valence-electron chi connectivity index (χ0n) is 11.5. The van der Waals surface area contributed by atoms with Crippen LogP contribution in [0.2, 0.25) is 0 Å². The first-order chi connectivity index (χ1) is 9.31. The SMILES string of the molecule is Cc1cc(C)c(C(O)c2cc(C)c(F)cc2F)c(F)c1. The van der Waals surface area contributed by atoms with Gasteiger partial charge >= 0.3 is 0 Å². The molecule has 106 valence electrons. The van der Waals surface area contributed by atoms with Gasteiger partial charge in [-0.3, -0.25) is 0 Å². The predicted octanol–water partition coefficient (Wildman–Crippen LogP) is 4.11. The Labute approximate surface area is 115 Å². The molecule has 0 spiro atoms. The average Bonchev–Trinajstić information content (AvgIpc) is 2.32. The molecule has 2 rings (SSSR count). The van der Waals surface area contributed by atoms with Crippen LogP contribution in [-0.2, 0) is 0 Å². The molecular weight excluding hydrogens is 265 g/mol. The van der Waals surface area contributed by atoms with Gasteiger partial charge in [-0.25, -0.2) is 13.2 Å². The van der Waals surface area contributed by atoms with E-state index < -0.39 is 23.6 Å². The van der Waals surface area contributed by atoms with Crippen LogP contribution in [0.4, 0.5) is 13.2 Å². The molecule has 0 fully saturated rings. The quantitative estimate of drug-likeness (QED) is 0.877. The van der Waals surface area contributed by atoms with Gasteiger partial charge in [-0.1, -0.05) is 6.07 Å². The van der Waals surface area contributed by atoms with Gasteiger partial charge in [-0.2, -0.15) is 0 Å². The second kappa shape index (κ2) is 5.29. The minimum atomic E-state index is -1.46. The van der Waals surface area contributed by atoms with E-state index in [9.17, 15) is 18.3 Å². The smallest absolute Gasteiger partial charge is 0.132 e. The molecule has 0 aliphatic heterocycles. The predicted molar refractivity (Wildman–Crippen MR) is 71.0 cm³/mol. The summed E-state index contributed by atoms with van der Waals surface area (Å²) >= 11 is 0. The van der Waals surface area contributed by atoms with E-state index in [-0.39, 0.29) is 16.7 Å². The second-order valence-electron chi connectivity index (χ2n) is 5.00. The standard InChI is InChI=1S/C16H15F3O/c1-8-4-10(3)15(14(19)5-8)16(20)11-6-9(2)12(17)7-13(11)18/h4-7,16,20H,1-3H3. The van der Waals surface area contributed by atoms with E-state index in [0.29, 0.717) is 17.2 Å². The summed E-state index contributed by atoms with van der Waals surface area (Å²) in [6.45, 7) is 4.83. The lowest BCUT2D eigenvalue weighted by Crippen LogP contribution is -2.08. The van der Waals surface area contributed by atoms with Crippen molar-refractivity contribution in [2.75, 3.05) is 0 Å². The first-order valence-corrected chi connectivity index (χ1v) is 6.21. The van der Waals surface area contributed by atoms with E-state index in [1.165, 1.54) is 19.1 Å². The highest BCUT2D eigenvalue weighted by Gasteiger charge is 2.22. The summed E-state index contributed by atoms with van der Waals surface area (Å²) in [5.41, 5.74) is 1.32. The molecule has 0 saturated heterocycles. The fraction of sp³-hybridized carbons (Fsp3) is 0.250. The number of halogens is 3. The zero-order valence-corrected chi connectivity index (χ0v) is 11.5. The monoisotopic (exact) mass is 280 g/mol.